The molecule has 0 saturated heterocycles. The van der Waals surface area contributed by atoms with Crippen LogP contribution in [-0.4, -0.2) is 0 Å². The normalized spacial score (nSPS) is 18.5. The van der Waals surface area contributed by atoms with Crippen LogP contribution in [0.15, 0.2) is 18.2 Å². The molecule has 0 bridgehead atoms. The van der Waals surface area contributed by atoms with Crippen LogP contribution in [0.1, 0.15) is 62.1 Å². The van der Waals surface area contributed by atoms with Crippen LogP contribution in [0.3, 0.4) is 0 Å². The molecular formula is C16H25ClN2. The van der Waals surface area contributed by atoms with E-state index in [4.69, 9.17) is 17.4 Å². The first-order valence-corrected chi connectivity index (χ1v) is 7.80. The minimum Gasteiger partial charge on any atom is -0.271 e. The topological polar surface area (TPSA) is 38.0 Å². The Morgan fingerprint density at radius 1 is 1.32 bits per heavy atom. The summed E-state index contributed by atoms with van der Waals surface area (Å²) < 4.78 is 0. The number of nitrogens with one attached hydrogen (secondary N) is 1. The molecule has 1 aliphatic rings. The van der Waals surface area contributed by atoms with E-state index in [2.05, 4.69) is 17.6 Å². The van der Waals surface area contributed by atoms with Crippen molar-refractivity contribution in [2.75, 3.05) is 0 Å². The number of benzene rings is 1. The Morgan fingerprint density at radius 3 is 2.68 bits per heavy atom. The summed E-state index contributed by atoms with van der Waals surface area (Å²) >= 11 is 6.20. The van der Waals surface area contributed by atoms with Gasteiger partial charge in [0.1, 0.15) is 0 Å². The van der Waals surface area contributed by atoms with Gasteiger partial charge in [-0.05, 0) is 42.9 Å². The molecule has 1 atom stereocenters. The van der Waals surface area contributed by atoms with Crippen LogP contribution in [0.5, 0.6) is 0 Å². The van der Waals surface area contributed by atoms with Crippen molar-refractivity contribution in [2.24, 2.45) is 11.8 Å². The van der Waals surface area contributed by atoms with Crippen LogP contribution in [0.4, 0.5) is 0 Å². The molecule has 3 N–H and O–H groups in total. The molecule has 19 heavy (non-hydrogen) atoms. The van der Waals surface area contributed by atoms with E-state index in [1.165, 1.54) is 44.1 Å². The predicted molar refractivity (Wildman–Crippen MR) is 82.1 cm³/mol. The van der Waals surface area contributed by atoms with Gasteiger partial charge in [0.2, 0.25) is 0 Å². The number of hydrazine groups is 1. The summed E-state index contributed by atoms with van der Waals surface area (Å²) in [6.07, 6.45) is 9.38. The van der Waals surface area contributed by atoms with E-state index in [1.807, 2.05) is 13.0 Å². The van der Waals surface area contributed by atoms with E-state index in [9.17, 15) is 0 Å². The fourth-order valence-electron chi connectivity index (χ4n) is 3.05. The van der Waals surface area contributed by atoms with Gasteiger partial charge in [-0.3, -0.25) is 11.3 Å². The Morgan fingerprint density at radius 2 is 2.05 bits per heavy atom. The lowest BCUT2D eigenvalue weighted by molar-refractivity contribution is 0.315. The van der Waals surface area contributed by atoms with Crippen LogP contribution >= 0.6 is 11.6 Å². The molecule has 2 nitrogen and oxygen atoms in total. The molecule has 106 valence electrons. The maximum atomic E-state index is 6.20. The molecule has 0 heterocycles. The summed E-state index contributed by atoms with van der Waals surface area (Å²) in [5.74, 6) is 6.61. The van der Waals surface area contributed by atoms with Crippen LogP contribution in [0, 0.1) is 12.8 Å². The third-order valence-electron chi connectivity index (χ3n) is 4.39. The molecule has 1 aromatic carbocycles. The average Bonchev–Trinajstić information content (AvgIpc) is 2.44. The van der Waals surface area contributed by atoms with Crippen LogP contribution in [0.2, 0.25) is 5.02 Å². The highest BCUT2D eigenvalue weighted by atomic mass is 35.5. The second-order valence-electron chi connectivity index (χ2n) is 5.81. The van der Waals surface area contributed by atoms with E-state index < -0.39 is 0 Å². The Balaban J connectivity index is 1.93. The summed E-state index contributed by atoms with van der Waals surface area (Å²) in [7, 11) is 0. The fraction of sp³-hybridized carbons (Fsp3) is 0.625. The van der Waals surface area contributed by atoms with Crippen molar-refractivity contribution >= 4 is 11.6 Å². The van der Waals surface area contributed by atoms with Crippen molar-refractivity contribution in [1.82, 2.24) is 5.43 Å². The molecule has 1 aliphatic carbocycles. The van der Waals surface area contributed by atoms with Crippen molar-refractivity contribution in [3.8, 4) is 0 Å². The fourth-order valence-corrected chi connectivity index (χ4v) is 3.24. The zero-order valence-corrected chi connectivity index (χ0v) is 12.5. The number of hydrogen-bond acceptors (Lipinski definition) is 2. The first kappa shape index (κ1) is 14.8. The largest absolute Gasteiger partial charge is 0.271 e. The van der Waals surface area contributed by atoms with Gasteiger partial charge in [0.15, 0.2) is 0 Å². The molecule has 0 spiro atoms. The van der Waals surface area contributed by atoms with E-state index in [-0.39, 0.29) is 6.04 Å². The first-order chi connectivity index (χ1) is 9.20. The number of halogens is 1. The van der Waals surface area contributed by atoms with Crippen molar-refractivity contribution in [3.05, 3.63) is 34.3 Å². The SMILES string of the molecule is Cc1ccc(C(CCC2CCCCC2)NN)cc1Cl. The van der Waals surface area contributed by atoms with Gasteiger partial charge in [-0.25, -0.2) is 0 Å². The average molecular weight is 281 g/mol. The van der Waals surface area contributed by atoms with Crippen LogP contribution in [0.25, 0.3) is 0 Å². The lowest BCUT2D eigenvalue weighted by Gasteiger charge is -2.24. The van der Waals surface area contributed by atoms with Gasteiger partial charge in [0.25, 0.3) is 0 Å². The van der Waals surface area contributed by atoms with E-state index in [1.54, 1.807) is 0 Å². The Labute approximate surface area is 121 Å². The summed E-state index contributed by atoms with van der Waals surface area (Å²) in [6, 6.07) is 6.47. The summed E-state index contributed by atoms with van der Waals surface area (Å²) in [5.41, 5.74) is 5.27. The molecule has 1 fully saturated rings. The minimum absolute atomic E-state index is 0.222. The van der Waals surface area contributed by atoms with Gasteiger partial charge in [0, 0.05) is 11.1 Å². The summed E-state index contributed by atoms with van der Waals surface area (Å²) in [5, 5.41) is 0.829. The predicted octanol–water partition coefficient (Wildman–Crippen LogP) is 4.51. The molecule has 0 aromatic heterocycles. The Kier molecular flexibility index (Phi) is 5.68. The second-order valence-corrected chi connectivity index (χ2v) is 6.22. The molecule has 1 unspecified atom stereocenters. The van der Waals surface area contributed by atoms with Gasteiger partial charge in [-0.15, -0.1) is 0 Å². The maximum Gasteiger partial charge on any atom is 0.0460 e. The van der Waals surface area contributed by atoms with Gasteiger partial charge < -0.3 is 0 Å². The second kappa shape index (κ2) is 7.28. The van der Waals surface area contributed by atoms with Gasteiger partial charge in [0.05, 0.1) is 0 Å². The van der Waals surface area contributed by atoms with Gasteiger partial charge in [-0.2, -0.15) is 0 Å². The van der Waals surface area contributed by atoms with Crippen LogP contribution < -0.4 is 11.3 Å². The molecule has 0 radical (unpaired) electrons. The van der Waals surface area contributed by atoms with Crippen molar-refractivity contribution in [3.63, 3.8) is 0 Å². The van der Waals surface area contributed by atoms with E-state index in [0.717, 1.165) is 22.9 Å². The monoisotopic (exact) mass is 280 g/mol. The molecule has 1 saturated carbocycles. The number of hydrogen-bond donors (Lipinski definition) is 2. The number of aryl methyl sites for hydroxylation is 1. The smallest absolute Gasteiger partial charge is 0.0460 e. The van der Waals surface area contributed by atoms with Crippen LogP contribution in [-0.2, 0) is 0 Å². The zero-order valence-electron chi connectivity index (χ0n) is 11.8. The van der Waals surface area contributed by atoms with Gasteiger partial charge >= 0.3 is 0 Å². The maximum absolute atomic E-state index is 6.20. The molecule has 1 aromatic rings. The highest BCUT2D eigenvalue weighted by Gasteiger charge is 2.17. The molecule has 2 rings (SSSR count). The van der Waals surface area contributed by atoms with Gasteiger partial charge in [-0.1, -0.05) is 55.8 Å². The Bertz CT molecular complexity index is 400. The van der Waals surface area contributed by atoms with Crippen molar-refractivity contribution in [1.29, 1.82) is 0 Å². The highest BCUT2D eigenvalue weighted by molar-refractivity contribution is 6.31. The lowest BCUT2D eigenvalue weighted by atomic mass is 9.84. The number of nitrogens with two attached hydrogens (primary N) is 1. The lowest BCUT2D eigenvalue weighted by Crippen LogP contribution is -2.28. The third kappa shape index (κ3) is 4.20. The van der Waals surface area contributed by atoms with E-state index in [0.29, 0.717) is 0 Å². The van der Waals surface area contributed by atoms with E-state index >= 15 is 0 Å². The zero-order chi connectivity index (χ0) is 13.7. The highest BCUT2D eigenvalue weighted by Crippen LogP contribution is 2.31. The standard InChI is InChI=1S/C16H25ClN2/c1-12-7-9-14(11-15(12)17)16(19-18)10-8-13-5-3-2-4-6-13/h7,9,11,13,16,19H,2-6,8,10,18H2,1H3. The first-order valence-electron chi connectivity index (χ1n) is 7.43. The van der Waals surface area contributed by atoms with Crippen molar-refractivity contribution in [2.45, 2.75) is 57.9 Å². The molecule has 0 aliphatic heterocycles. The Hall–Kier alpha value is -0.570. The number of rotatable bonds is 5. The molecular weight excluding hydrogens is 256 g/mol. The third-order valence-corrected chi connectivity index (χ3v) is 4.79. The molecule has 0 amide bonds. The quantitative estimate of drug-likeness (QED) is 0.615. The minimum atomic E-state index is 0.222. The summed E-state index contributed by atoms with van der Waals surface area (Å²) in [4.78, 5) is 0. The summed E-state index contributed by atoms with van der Waals surface area (Å²) in [6.45, 7) is 2.03. The molecule has 3 heteroatoms. The van der Waals surface area contributed by atoms with Crippen molar-refractivity contribution < 1.29 is 0 Å².